The maximum Gasteiger partial charge on any atom is 0.418 e. The summed E-state index contributed by atoms with van der Waals surface area (Å²) in [7, 11) is -4.39. The zero-order valence-electron chi connectivity index (χ0n) is 12.7. The molecule has 0 aromatic heterocycles. The molecule has 2 aromatic carbocycles. The highest BCUT2D eigenvalue weighted by molar-refractivity contribution is 7.92. The van der Waals surface area contributed by atoms with E-state index in [1.165, 1.54) is 12.1 Å². The fourth-order valence-corrected chi connectivity index (χ4v) is 3.67. The van der Waals surface area contributed by atoms with Crippen molar-refractivity contribution in [1.29, 1.82) is 0 Å². The van der Waals surface area contributed by atoms with Gasteiger partial charge in [-0.1, -0.05) is 23.2 Å². The van der Waals surface area contributed by atoms with Crippen molar-refractivity contribution < 1.29 is 26.3 Å². The topological polar surface area (TPSA) is 55.4 Å². The van der Waals surface area contributed by atoms with Crippen molar-refractivity contribution >= 4 is 38.9 Å². The van der Waals surface area contributed by atoms with Crippen LogP contribution in [-0.4, -0.2) is 15.0 Å². The van der Waals surface area contributed by atoms with E-state index in [0.29, 0.717) is 6.07 Å². The summed E-state index contributed by atoms with van der Waals surface area (Å²) in [5.41, 5.74) is -1.86. The zero-order valence-corrected chi connectivity index (χ0v) is 15.0. The Kier molecular flexibility index (Phi) is 5.75. The largest absolute Gasteiger partial charge is 0.492 e. The predicted molar refractivity (Wildman–Crippen MR) is 89.9 cm³/mol. The van der Waals surface area contributed by atoms with Gasteiger partial charge in [0.15, 0.2) is 0 Å². The summed E-state index contributed by atoms with van der Waals surface area (Å²) in [6.45, 7) is 1.80. The molecule has 0 spiro atoms. The third-order valence-electron chi connectivity index (χ3n) is 3.03. The molecular formula is C15H12Cl2F3NO3S. The second-order valence-corrected chi connectivity index (χ2v) is 7.34. The van der Waals surface area contributed by atoms with Crippen LogP contribution >= 0.6 is 23.2 Å². The van der Waals surface area contributed by atoms with Crippen LogP contribution in [0.5, 0.6) is 5.75 Å². The number of nitrogens with one attached hydrogen (secondary N) is 1. The number of anilines is 1. The molecule has 2 rings (SSSR count). The Hall–Kier alpha value is -1.64. The van der Waals surface area contributed by atoms with Crippen LogP contribution in [0.2, 0.25) is 10.0 Å². The summed E-state index contributed by atoms with van der Waals surface area (Å²) in [6.07, 6.45) is -4.79. The van der Waals surface area contributed by atoms with Gasteiger partial charge in [-0.2, -0.15) is 13.2 Å². The van der Waals surface area contributed by atoms with Gasteiger partial charge in [0, 0.05) is 10.0 Å². The number of alkyl halides is 3. The van der Waals surface area contributed by atoms with E-state index in [-0.39, 0.29) is 27.3 Å². The van der Waals surface area contributed by atoms with Gasteiger partial charge in [0.2, 0.25) is 0 Å². The number of hydrogen-bond acceptors (Lipinski definition) is 3. The molecule has 0 saturated carbocycles. The number of ether oxygens (including phenoxy) is 1. The SMILES string of the molecule is CCOc1ccc(Cl)cc1S(=O)(=O)Nc1ccc(Cl)cc1C(F)(F)F. The fourth-order valence-electron chi connectivity index (χ4n) is 2.01. The Labute approximate surface area is 152 Å². The minimum absolute atomic E-state index is 0.0260. The van der Waals surface area contributed by atoms with Gasteiger partial charge in [-0.25, -0.2) is 8.42 Å². The molecule has 0 saturated heterocycles. The average molecular weight is 414 g/mol. The lowest BCUT2D eigenvalue weighted by Gasteiger charge is -2.17. The molecular weight excluding hydrogens is 402 g/mol. The third kappa shape index (κ3) is 4.71. The van der Waals surface area contributed by atoms with Crippen LogP contribution in [-0.2, 0) is 16.2 Å². The van der Waals surface area contributed by atoms with Crippen molar-refractivity contribution in [2.24, 2.45) is 0 Å². The highest BCUT2D eigenvalue weighted by Gasteiger charge is 2.35. The molecule has 1 N–H and O–H groups in total. The van der Waals surface area contributed by atoms with Gasteiger partial charge in [-0.15, -0.1) is 0 Å². The third-order valence-corrected chi connectivity index (χ3v) is 4.88. The first kappa shape index (κ1) is 19.7. The van der Waals surface area contributed by atoms with Crippen molar-refractivity contribution in [3.63, 3.8) is 0 Å². The van der Waals surface area contributed by atoms with Gasteiger partial charge in [-0.05, 0) is 43.3 Å². The Balaban J connectivity index is 2.53. The maximum absolute atomic E-state index is 13.1. The lowest BCUT2D eigenvalue weighted by atomic mass is 10.2. The molecule has 0 amide bonds. The molecule has 0 aliphatic rings. The smallest absolute Gasteiger partial charge is 0.418 e. The lowest BCUT2D eigenvalue weighted by Crippen LogP contribution is -2.18. The predicted octanol–water partition coefficient (Wildman–Crippen LogP) is 5.21. The molecule has 0 bridgehead atoms. The Morgan fingerprint density at radius 2 is 1.68 bits per heavy atom. The summed E-state index contributed by atoms with van der Waals surface area (Å²) in [6, 6.07) is 6.56. The van der Waals surface area contributed by atoms with E-state index in [0.717, 1.165) is 18.2 Å². The van der Waals surface area contributed by atoms with Crippen LogP contribution in [0.4, 0.5) is 18.9 Å². The van der Waals surface area contributed by atoms with Gasteiger partial charge >= 0.3 is 6.18 Å². The van der Waals surface area contributed by atoms with E-state index in [2.05, 4.69) is 0 Å². The number of halogens is 5. The standard InChI is InChI=1S/C15H12Cl2F3NO3S/c1-2-24-13-6-4-10(17)8-14(13)25(22,23)21-12-5-3-9(16)7-11(12)15(18,19)20/h3-8,21H,2H2,1H3. The summed E-state index contributed by atoms with van der Waals surface area (Å²) in [4.78, 5) is -0.370. The quantitative estimate of drug-likeness (QED) is 0.731. The number of hydrogen-bond donors (Lipinski definition) is 1. The first-order valence-electron chi connectivity index (χ1n) is 6.86. The molecule has 0 heterocycles. The van der Waals surface area contributed by atoms with Crippen molar-refractivity contribution in [2.75, 3.05) is 11.3 Å². The highest BCUT2D eigenvalue weighted by Crippen LogP contribution is 2.38. The van der Waals surface area contributed by atoms with E-state index in [1.54, 1.807) is 6.92 Å². The summed E-state index contributed by atoms with van der Waals surface area (Å²) in [5.74, 6) is -0.0260. The monoisotopic (exact) mass is 413 g/mol. The zero-order chi connectivity index (χ0) is 18.8. The molecule has 0 aliphatic heterocycles. The summed E-state index contributed by atoms with van der Waals surface area (Å²) < 4.78 is 71.6. The van der Waals surface area contributed by atoms with Gasteiger partial charge in [-0.3, -0.25) is 4.72 Å². The minimum atomic E-state index is -4.79. The van der Waals surface area contributed by atoms with Crippen LogP contribution in [0.15, 0.2) is 41.3 Å². The molecule has 136 valence electrons. The molecule has 4 nitrogen and oxygen atoms in total. The second-order valence-electron chi connectivity index (χ2n) is 4.82. The lowest BCUT2D eigenvalue weighted by molar-refractivity contribution is -0.136. The van der Waals surface area contributed by atoms with Crippen molar-refractivity contribution in [2.45, 2.75) is 18.0 Å². The molecule has 0 fully saturated rings. The van der Waals surface area contributed by atoms with Gasteiger partial charge < -0.3 is 4.74 Å². The maximum atomic E-state index is 13.1. The Morgan fingerprint density at radius 3 is 2.28 bits per heavy atom. The van der Waals surface area contributed by atoms with E-state index in [4.69, 9.17) is 27.9 Å². The van der Waals surface area contributed by atoms with Crippen LogP contribution in [0.1, 0.15) is 12.5 Å². The second kappa shape index (κ2) is 7.31. The average Bonchev–Trinajstić information content (AvgIpc) is 2.50. The first-order valence-corrected chi connectivity index (χ1v) is 9.10. The molecule has 25 heavy (non-hydrogen) atoms. The van der Waals surface area contributed by atoms with Crippen molar-refractivity contribution in [1.82, 2.24) is 0 Å². The summed E-state index contributed by atoms with van der Waals surface area (Å²) in [5, 5.41) is -0.0796. The van der Waals surface area contributed by atoms with Crippen molar-refractivity contribution in [3.8, 4) is 5.75 Å². The molecule has 0 atom stereocenters. The van der Waals surface area contributed by atoms with E-state index in [9.17, 15) is 21.6 Å². The van der Waals surface area contributed by atoms with Crippen LogP contribution in [0.25, 0.3) is 0 Å². The molecule has 10 heteroatoms. The Morgan fingerprint density at radius 1 is 1.08 bits per heavy atom. The van der Waals surface area contributed by atoms with Gasteiger partial charge in [0.1, 0.15) is 10.6 Å². The molecule has 0 radical (unpaired) electrons. The van der Waals surface area contributed by atoms with Crippen LogP contribution < -0.4 is 9.46 Å². The van der Waals surface area contributed by atoms with Crippen LogP contribution in [0, 0.1) is 0 Å². The summed E-state index contributed by atoms with van der Waals surface area (Å²) >= 11 is 11.4. The fraction of sp³-hybridized carbons (Fsp3) is 0.200. The van der Waals surface area contributed by atoms with Gasteiger partial charge in [0.25, 0.3) is 10.0 Å². The van der Waals surface area contributed by atoms with Gasteiger partial charge in [0.05, 0.1) is 17.9 Å². The molecule has 0 aliphatic carbocycles. The number of sulfonamides is 1. The Bertz CT molecular complexity index is 886. The van der Waals surface area contributed by atoms with E-state index >= 15 is 0 Å². The van der Waals surface area contributed by atoms with Crippen LogP contribution in [0.3, 0.4) is 0 Å². The van der Waals surface area contributed by atoms with E-state index in [1.807, 2.05) is 4.72 Å². The first-order chi connectivity index (χ1) is 11.5. The highest BCUT2D eigenvalue weighted by atomic mass is 35.5. The number of benzene rings is 2. The molecule has 2 aromatic rings. The normalized spacial score (nSPS) is 12.1. The van der Waals surface area contributed by atoms with Crippen molar-refractivity contribution in [3.05, 3.63) is 52.0 Å². The molecule has 0 unspecified atom stereocenters. The minimum Gasteiger partial charge on any atom is -0.492 e. The number of rotatable bonds is 5. The van der Waals surface area contributed by atoms with E-state index < -0.39 is 27.5 Å².